The van der Waals surface area contributed by atoms with Gasteiger partial charge in [0.25, 0.3) is 11.8 Å². The van der Waals surface area contributed by atoms with Crippen molar-refractivity contribution >= 4 is 102 Å². The lowest BCUT2D eigenvalue weighted by Crippen LogP contribution is -2.41. The number of amides is 2. The number of fused-ring (bicyclic) bond motifs is 2. The zero-order chi connectivity index (χ0) is 58.6. The van der Waals surface area contributed by atoms with E-state index in [2.05, 4.69) is 52.5 Å². The highest BCUT2D eigenvalue weighted by molar-refractivity contribution is 7.18. The minimum atomic E-state index is -0.789. The number of morpholine rings is 2. The minimum Gasteiger partial charge on any atom is -0.399 e. The van der Waals surface area contributed by atoms with Crippen LogP contribution in [0, 0.1) is 36.5 Å². The van der Waals surface area contributed by atoms with Crippen LogP contribution in [0.5, 0.6) is 0 Å². The first-order valence-electron chi connectivity index (χ1n) is 26.8. The highest BCUT2D eigenvalue weighted by Crippen LogP contribution is 2.38. The van der Waals surface area contributed by atoms with Gasteiger partial charge in [-0.25, -0.2) is 15.0 Å². The van der Waals surface area contributed by atoms with Crippen molar-refractivity contribution in [1.29, 1.82) is 10.5 Å². The maximum absolute atomic E-state index is 13.0. The van der Waals surface area contributed by atoms with Crippen LogP contribution in [0.25, 0.3) is 31.8 Å². The Labute approximate surface area is 491 Å². The molecule has 3 saturated heterocycles. The van der Waals surface area contributed by atoms with Gasteiger partial charge in [-0.15, -0.1) is 22.7 Å². The molecule has 0 spiro atoms. The fourth-order valence-corrected chi connectivity index (χ4v) is 10.9. The molecule has 422 valence electrons. The average Bonchev–Trinajstić information content (AvgIpc) is 4.23. The third-order valence-corrected chi connectivity index (χ3v) is 16.8. The van der Waals surface area contributed by atoms with Crippen LogP contribution in [-0.4, -0.2) is 113 Å². The quantitative estimate of drug-likeness (QED) is 0.0959. The molecule has 6 aromatic heterocycles. The number of aromatic nitrogens is 6. The highest BCUT2D eigenvalue weighted by atomic mass is 35.5. The van der Waals surface area contributed by atoms with E-state index in [0.717, 1.165) is 93.6 Å². The number of nitrogens with one attached hydrogen (secondary N) is 2. The summed E-state index contributed by atoms with van der Waals surface area (Å²) in [5.74, 6) is 1.94. The third-order valence-electron chi connectivity index (χ3n) is 14.8. The number of hydrogen-bond acceptors (Lipinski definition) is 18. The van der Waals surface area contributed by atoms with Crippen molar-refractivity contribution in [2.75, 3.05) is 73.0 Å². The van der Waals surface area contributed by atoms with Crippen LogP contribution in [-0.2, 0) is 29.6 Å². The van der Waals surface area contributed by atoms with Gasteiger partial charge in [0.2, 0.25) is 5.28 Å². The Hall–Kier alpha value is -7.47. The van der Waals surface area contributed by atoms with Gasteiger partial charge in [0, 0.05) is 66.6 Å². The molecule has 0 atom stereocenters. The first-order valence-corrected chi connectivity index (χ1v) is 29.0. The van der Waals surface area contributed by atoms with Gasteiger partial charge in [-0.1, -0.05) is 17.7 Å². The van der Waals surface area contributed by atoms with E-state index in [4.69, 9.17) is 40.4 Å². The fourth-order valence-electron chi connectivity index (χ4n) is 9.00. The second kappa shape index (κ2) is 24.6. The van der Waals surface area contributed by atoms with Gasteiger partial charge in [0.1, 0.15) is 0 Å². The van der Waals surface area contributed by atoms with Crippen molar-refractivity contribution < 1.29 is 28.4 Å². The predicted molar refractivity (Wildman–Crippen MR) is 325 cm³/mol. The number of halogens is 1. The van der Waals surface area contributed by atoms with Gasteiger partial charge in [0.05, 0.1) is 92.4 Å². The predicted octanol–water partition coefficient (Wildman–Crippen LogP) is 10.9. The first kappa shape index (κ1) is 59.2. The number of nitrogens with zero attached hydrogens (tertiary/aromatic N) is 10. The number of nitriles is 2. The third kappa shape index (κ3) is 13.2. The molecule has 2 amide bonds. The second-order valence-electron chi connectivity index (χ2n) is 22.1. The first-order chi connectivity index (χ1) is 39.1. The fraction of sp³-hybridized carbons (Fsp3) is 0.367. The molecule has 22 heteroatoms. The Morgan fingerprint density at radius 2 is 1.10 bits per heavy atom. The average molecular weight is 1160 g/mol. The normalized spacial score (nSPS) is 15.8. The van der Waals surface area contributed by atoms with Gasteiger partial charge in [-0.3, -0.25) is 19.6 Å². The summed E-state index contributed by atoms with van der Waals surface area (Å²) in [7, 11) is -0.504. The number of hydrogen-bond donors (Lipinski definition) is 2. The second-order valence-corrected chi connectivity index (χ2v) is 24.3. The van der Waals surface area contributed by atoms with E-state index in [1.165, 1.54) is 0 Å². The van der Waals surface area contributed by atoms with E-state index < -0.39 is 29.2 Å². The zero-order valence-corrected chi connectivity index (χ0v) is 50.0. The highest BCUT2D eigenvalue weighted by Gasteiger charge is 2.52. The smallest absolute Gasteiger partial charge is 0.399 e. The molecule has 11 rings (SSSR count). The molecule has 82 heavy (non-hydrogen) atoms. The molecule has 2 aromatic carbocycles. The molecule has 0 saturated carbocycles. The number of carbonyl (C=O) groups excluding carboxylic acids is 2. The Balaban J connectivity index is 0.000000158. The molecule has 2 N–H and O–H groups in total. The van der Waals surface area contributed by atoms with Crippen LogP contribution in [0.1, 0.15) is 98.6 Å². The molecule has 0 unspecified atom stereocenters. The molecular formula is C60H64BClN12O6S2. The zero-order valence-electron chi connectivity index (χ0n) is 47.6. The monoisotopic (exact) mass is 1160 g/mol. The number of benzene rings is 2. The van der Waals surface area contributed by atoms with Crippen molar-refractivity contribution in [1.82, 2.24) is 29.9 Å². The van der Waals surface area contributed by atoms with E-state index in [-0.39, 0.29) is 11.8 Å². The van der Waals surface area contributed by atoms with Gasteiger partial charge in [-0.05, 0) is 163 Å². The number of pyridine rings is 2. The maximum Gasteiger partial charge on any atom is 0.495 e. The molecule has 9 heterocycles. The van der Waals surface area contributed by atoms with Crippen LogP contribution < -0.4 is 25.9 Å². The van der Waals surface area contributed by atoms with E-state index in [1.807, 2.05) is 101 Å². The van der Waals surface area contributed by atoms with E-state index in [1.54, 1.807) is 87.0 Å². The van der Waals surface area contributed by atoms with Crippen molar-refractivity contribution in [2.24, 2.45) is 0 Å². The lowest BCUT2D eigenvalue weighted by atomic mass is 9.76. The summed E-state index contributed by atoms with van der Waals surface area (Å²) in [6.07, 6.45) is 3.11. The Kier molecular flexibility index (Phi) is 17.7. The molecule has 3 fully saturated rings. The van der Waals surface area contributed by atoms with Crippen molar-refractivity contribution in [3.8, 4) is 23.5 Å². The maximum atomic E-state index is 13.0. The van der Waals surface area contributed by atoms with Crippen LogP contribution in [0.4, 0.5) is 23.0 Å². The van der Waals surface area contributed by atoms with Crippen LogP contribution in [0.2, 0.25) is 5.28 Å². The summed E-state index contributed by atoms with van der Waals surface area (Å²) in [6.45, 7) is 25.3. The molecule has 18 nitrogen and oxygen atoms in total. The SMILES string of the molecule is Cc1ccc(NC(=O)c2ccnc(C(C)(C)C#N)c2)cc1-c1nc(N2CCOCC2)c2sccc2n1.Cc1ccc(NC(=O)c2ccnc(C(C)(C)C#N)c2)cc1B1OC(C)(C)C(C)(C)O1.Clc1nc(N2CCOCC2)c2sccc2n1. The molecular weight excluding hydrogens is 1100 g/mol. The van der Waals surface area contributed by atoms with Gasteiger partial charge >= 0.3 is 7.12 Å². The number of ether oxygens (including phenoxy) is 2. The Morgan fingerprint density at radius 3 is 1.60 bits per heavy atom. The number of aryl methyl sites for hydroxylation is 2. The summed E-state index contributed by atoms with van der Waals surface area (Å²) >= 11 is 9.21. The summed E-state index contributed by atoms with van der Waals surface area (Å²) in [6, 6.07) is 26.4. The summed E-state index contributed by atoms with van der Waals surface area (Å²) in [5.41, 5.74) is 6.44. The van der Waals surface area contributed by atoms with E-state index in [0.29, 0.717) is 58.2 Å². The minimum absolute atomic E-state index is 0.267. The van der Waals surface area contributed by atoms with Crippen LogP contribution in [0.15, 0.2) is 96.0 Å². The number of rotatable bonds is 10. The Morgan fingerprint density at radius 1 is 0.634 bits per heavy atom. The standard InChI is InChI=1S/C27H26N6O2S.C23H28BN3O3.C10H10ClN3OS/c1-17-4-5-19(30-26(34)18-6-8-29-22(14-18)27(2,3)16-28)15-20(17)24-31-21-7-13-36-23(21)25(32-24)33-9-11-35-12-10-33;1-15-8-9-17(13-18(15)24-29-22(4,5)23(6,7)30-24)27-20(28)16-10-11-26-19(12-16)21(2,3)14-25;11-10-12-7-1-6-16-8(7)9(13-10)14-2-4-15-5-3-14/h4-8,13-15H,9-12H2,1-3H3,(H,30,34);8-13H,1-7H3,(H,27,28);1,6H,2-5H2. The van der Waals surface area contributed by atoms with Crippen molar-refractivity contribution in [2.45, 2.75) is 91.3 Å². The lowest BCUT2D eigenvalue weighted by Gasteiger charge is -2.32. The number of anilines is 4. The molecule has 3 aliphatic rings. The largest absolute Gasteiger partial charge is 0.495 e. The summed E-state index contributed by atoms with van der Waals surface area (Å²) in [5, 5.41) is 29.0. The van der Waals surface area contributed by atoms with Crippen LogP contribution in [0.3, 0.4) is 0 Å². The Bertz CT molecular complexity index is 3740. The van der Waals surface area contributed by atoms with Crippen molar-refractivity contribution in [3.05, 3.63) is 135 Å². The topological polar surface area (TPSA) is 227 Å². The number of thiophene rings is 2. The van der Waals surface area contributed by atoms with Gasteiger partial charge < -0.3 is 39.2 Å². The van der Waals surface area contributed by atoms with Crippen molar-refractivity contribution in [3.63, 3.8) is 0 Å². The molecule has 0 aliphatic carbocycles. The van der Waals surface area contributed by atoms with Gasteiger partial charge in [0.15, 0.2) is 17.5 Å². The molecule has 0 bridgehead atoms. The van der Waals surface area contributed by atoms with Crippen LogP contribution >= 0.6 is 34.3 Å². The molecule has 3 aliphatic heterocycles. The van der Waals surface area contributed by atoms with E-state index in [9.17, 15) is 20.1 Å². The summed E-state index contributed by atoms with van der Waals surface area (Å²) in [4.78, 5) is 57.2. The van der Waals surface area contributed by atoms with Gasteiger partial charge in [-0.2, -0.15) is 15.5 Å². The number of carbonyl (C=O) groups is 2. The summed E-state index contributed by atoms with van der Waals surface area (Å²) < 4.78 is 25.4. The van der Waals surface area contributed by atoms with E-state index >= 15 is 0 Å². The molecule has 8 aromatic rings. The lowest BCUT2D eigenvalue weighted by molar-refractivity contribution is 0.00578. The molecule has 0 radical (unpaired) electrons.